The number of benzene rings is 2. The molecule has 0 saturated carbocycles. The zero-order valence-corrected chi connectivity index (χ0v) is 16.4. The Balaban J connectivity index is 1.86. The predicted octanol–water partition coefficient (Wildman–Crippen LogP) is 6.02. The van der Waals surface area contributed by atoms with E-state index in [1.54, 1.807) is 0 Å². The van der Waals surface area contributed by atoms with E-state index in [-0.39, 0.29) is 0 Å². The molecule has 142 valence electrons. The molecule has 0 amide bonds. The normalized spacial score (nSPS) is 12.7. The Hall–Kier alpha value is -2.42. The van der Waals surface area contributed by atoms with E-state index in [9.17, 15) is 0 Å². The van der Waals surface area contributed by atoms with Gasteiger partial charge >= 0.3 is 0 Å². The highest BCUT2D eigenvalue weighted by molar-refractivity contribution is 5.96. The molecule has 0 fully saturated rings. The number of aromatic amines is 1. The minimum Gasteiger partial charge on any atom is -0.493 e. The van der Waals surface area contributed by atoms with Crippen molar-refractivity contribution >= 4 is 10.8 Å². The van der Waals surface area contributed by atoms with Crippen molar-refractivity contribution in [2.24, 2.45) is 0 Å². The van der Waals surface area contributed by atoms with Crippen LogP contribution in [0.15, 0.2) is 36.7 Å². The van der Waals surface area contributed by atoms with Gasteiger partial charge in [0.05, 0.1) is 13.2 Å². The Morgan fingerprint density at radius 3 is 1.70 bits per heavy atom. The molecule has 0 radical (unpaired) electrons. The van der Waals surface area contributed by atoms with Crippen molar-refractivity contribution in [3.63, 3.8) is 0 Å². The molecule has 1 aliphatic carbocycles. The van der Waals surface area contributed by atoms with Crippen LogP contribution in [0.2, 0.25) is 0 Å². The smallest absolute Gasteiger partial charge is 0.131 e. The standard InChI is InChI=1S/C24H29NO2/c1-3-5-11-26-23-19-9-7-8-10-20(19)24(27-12-6-4-2)22-14-18-16-25-15-17(18)13-21(22)23/h7-10,15-16,25H,3-6,11-14H2,1-2H3. The van der Waals surface area contributed by atoms with E-state index in [1.807, 2.05) is 0 Å². The molecule has 1 aromatic heterocycles. The van der Waals surface area contributed by atoms with Crippen molar-refractivity contribution in [1.29, 1.82) is 0 Å². The lowest BCUT2D eigenvalue weighted by atomic mass is 9.85. The maximum atomic E-state index is 6.36. The van der Waals surface area contributed by atoms with Crippen LogP contribution in [0.3, 0.4) is 0 Å². The van der Waals surface area contributed by atoms with Crippen LogP contribution in [0.5, 0.6) is 11.5 Å². The Morgan fingerprint density at radius 2 is 1.26 bits per heavy atom. The SMILES string of the molecule is CCCCOc1c2c(c(OCCCC)c3ccccc13)Cc1c[nH]cc1C2. The highest BCUT2D eigenvalue weighted by atomic mass is 16.5. The molecule has 1 heterocycles. The quantitative estimate of drug-likeness (QED) is 0.388. The van der Waals surface area contributed by atoms with Crippen molar-refractivity contribution in [3.8, 4) is 11.5 Å². The van der Waals surface area contributed by atoms with Gasteiger partial charge in [-0.3, -0.25) is 0 Å². The highest BCUT2D eigenvalue weighted by Crippen LogP contribution is 2.45. The average Bonchev–Trinajstić information content (AvgIpc) is 3.15. The van der Waals surface area contributed by atoms with E-state index in [0.29, 0.717) is 0 Å². The summed E-state index contributed by atoms with van der Waals surface area (Å²) in [7, 11) is 0. The lowest BCUT2D eigenvalue weighted by molar-refractivity contribution is 0.301. The third-order valence-corrected chi connectivity index (χ3v) is 5.48. The number of rotatable bonds is 8. The van der Waals surface area contributed by atoms with Gasteiger partial charge in [0.15, 0.2) is 0 Å². The van der Waals surface area contributed by atoms with Crippen LogP contribution in [0, 0.1) is 0 Å². The Morgan fingerprint density at radius 1 is 0.778 bits per heavy atom. The molecule has 3 aromatic rings. The fraction of sp³-hybridized carbons (Fsp3) is 0.417. The summed E-state index contributed by atoms with van der Waals surface area (Å²) in [4.78, 5) is 3.28. The van der Waals surface area contributed by atoms with Crippen LogP contribution in [0.4, 0.5) is 0 Å². The van der Waals surface area contributed by atoms with Gasteiger partial charge in [0, 0.05) is 47.1 Å². The van der Waals surface area contributed by atoms with Gasteiger partial charge in [-0.15, -0.1) is 0 Å². The highest BCUT2D eigenvalue weighted by Gasteiger charge is 2.26. The summed E-state index contributed by atoms with van der Waals surface area (Å²) in [5.74, 6) is 2.12. The number of unbranched alkanes of at least 4 members (excludes halogenated alkanes) is 2. The molecule has 27 heavy (non-hydrogen) atoms. The lowest BCUT2D eigenvalue weighted by Gasteiger charge is -2.26. The van der Waals surface area contributed by atoms with Crippen molar-refractivity contribution in [3.05, 3.63) is 58.9 Å². The van der Waals surface area contributed by atoms with Gasteiger partial charge in [0.1, 0.15) is 11.5 Å². The number of ether oxygens (including phenoxy) is 2. The third kappa shape index (κ3) is 3.43. The summed E-state index contributed by atoms with van der Waals surface area (Å²) in [6.07, 6.45) is 10.5. The second kappa shape index (κ2) is 8.08. The topological polar surface area (TPSA) is 34.2 Å². The van der Waals surface area contributed by atoms with Gasteiger partial charge in [-0.05, 0) is 24.0 Å². The predicted molar refractivity (Wildman–Crippen MR) is 111 cm³/mol. The maximum absolute atomic E-state index is 6.36. The lowest BCUT2D eigenvalue weighted by Crippen LogP contribution is -2.12. The van der Waals surface area contributed by atoms with Crippen LogP contribution >= 0.6 is 0 Å². The molecular formula is C24H29NO2. The number of aromatic nitrogens is 1. The summed E-state index contributed by atoms with van der Waals surface area (Å²) in [5.41, 5.74) is 5.36. The average molecular weight is 364 g/mol. The van der Waals surface area contributed by atoms with E-state index < -0.39 is 0 Å². The molecule has 0 saturated heterocycles. The van der Waals surface area contributed by atoms with Gasteiger partial charge in [-0.2, -0.15) is 0 Å². The first-order chi connectivity index (χ1) is 13.3. The van der Waals surface area contributed by atoms with Crippen molar-refractivity contribution < 1.29 is 9.47 Å². The van der Waals surface area contributed by atoms with E-state index in [1.165, 1.54) is 33.0 Å². The van der Waals surface area contributed by atoms with Crippen LogP contribution in [0.25, 0.3) is 10.8 Å². The monoisotopic (exact) mass is 363 g/mol. The summed E-state index contributed by atoms with van der Waals surface area (Å²) in [6, 6.07) is 8.55. The van der Waals surface area contributed by atoms with E-state index >= 15 is 0 Å². The molecule has 2 aromatic carbocycles. The maximum Gasteiger partial charge on any atom is 0.131 e. The summed E-state index contributed by atoms with van der Waals surface area (Å²) in [5, 5.41) is 2.36. The third-order valence-electron chi connectivity index (χ3n) is 5.48. The molecule has 0 unspecified atom stereocenters. The largest absolute Gasteiger partial charge is 0.493 e. The molecule has 0 spiro atoms. The van der Waals surface area contributed by atoms with Gasteiger partial charge < -0.3 is 14.5 Å². The Labute approximate surface area is 161 Å². The minimum atomic E-state index is 0.767. The van der Waals surface area contributed by atoms with Crippen molar-refractivity contribution in [2.45, 2.75) is 52.4 Å². The summed E-state index contributed by atoms with van der Waals surface area (Å²) in [6.45, 7) is 5.94. The zero-order chi connectivity index (χ0) is 18.6. The first-order valence-corrected chi connectivity index (χ1v) is 10.3. The van der Waals surface area contributed by atoms with Crippen molar-refractivity contribution in [2.75, 3.05) is 13.2 Å². The number of fused-ring (bicyclic) bond motifs is 3. The van der Waals surface area contributed by atoms with Crippen molar-refractivity contribution in [1.82, 2.24) is 4.98 Å². The first-order valence-electron chi connectivity index (χ1n) is 10.3. The second-order valence-electron chi connectivity index (χ2n) is 7.42. The molecule has 4 rings (SSSR count). The first kappa shape index (κ1) is 18.0. The molecule has 0 aliphatic heterocycles. The minimum absolute atomic E-state index is 0.767. The summed E-state index contributed by atoms with van der Waals surface area (Å²) >= 11 is 0. The number of hydrogen-bond donors (Lipinski definition) is 1. The fourth-order valence-electron chi connectivity index (χ4n) is 3.96. The van der Waals surface area contributed by atoms with Crippen LogP contribution in [-0.2, 0) is 12.8 Å². The molecule has 0 bridgehead atoms. The van der Waals surface area contributed by atoms with E-state index in [2.05, 4.69) is 55.5 Å². The van der Waals surface area contributed by atoms with Crippen LogP contribution in [-0.4, -0.2) is 18.2 Å². The van der Waals surface area contributed by atoms with Crippen LogP contribution < -0.4 is 9.47 Å². The summed E-state index contributed by atoms with van der Waals surface area (Å²) < 4.78 is 12.7. The molecule has 1 N–H and O–H groups in total. The van der Waals surface area contributed by atoms with Crippen LogP contribution in [0.1, 0.15) is 61.8 Å². The van der Waals surface area contributed by atoms with Gasteiger partial charge in [0.2, 0.25) is 0 Å². The second-order valence-corrected chi connectivity index (χ2v) is 7.42. The van der Waals surface area contributed by atoms with E-state index in [4.69, 9.17) is 9.47 Å². The number of nitrogens with one attached hydrogen (secondary N) is 1. The zero-order valence-electron chi connectivity index (χ0n) is 16.4. The number of hydrogen-bond acceptors (Lipinski definition) is 2. The molecule has 3 heteroatoms. The van der Waals surface area contributed by atoms with Gasteiger partial charge in [-0.1, -0.05) is 51.0 Å². The Bertz CT molecular complexity index is 853. The van der Waals surface area contributed by atoms with Gasteiger partial charge in [-0.25, -0.2) is 0 Å². The fourth-order valence-corrected chi connectivity index (χ4v) is 3.96. The molecule has 0 atom stereocenters. The van der Waals surface area contributed by atoms with Gasteiger partial charge in [0.25, 0.3) is 0 Å². The Kier molecular flexibility index (Phi) is 5.38. The molecular weight excluding hydrogens is 334 g/mol. The molecule has 3 nitrogen and oxygen atoms in total. The molecule has 1 aliphatic rings. The van der Waals surface area contributed by atoms with E-state index in [0.717, 1.165) is 63.2 Å². The number of H-pyrrole nitrogens is 1.